The second kappa shape index (κ2) is 5.30. The maximum atomic E-state index is 5.70. The van der Waals surface area contributed by atoms with Crippen LogP contribution in [0.5, 0.6) is 0 Å². The van der Waals surface area contributed by atoms with Crippen molar-refractivity contribution < 1.29 is 4.42 Å². The summed E-state index contributed by atoms with van der Waals surface area (Å²) < 4.78 is 5.70. The van der Waals surface area contributed by atoms with Gasteiger partial charge in [0.05, 0.1) is 6.04 Å². The van der Waals surface area contributed by atoms with E-state index in [1.165, 1.54) is 4.88 Å². The Labute approximate surface area is 99.2 Å². The molecule has 86 valence electrons. The Morgan fingerprint density at radius 3 is 2.88 bits per heavy atom. The molecule has 16 heavy (non-hydrogen) atoms. The lowest BCUT2D eigenvalue weighted by Gasteiger charge is -2.11. The maximum absolute atomic E-state index is 5.70. The Balaban J connectivity index is 2.10. The summed E-state index contributed by atoms with van der Waals surface area (Å²) in [5.74, 6) is 7.48. The van der Waals surface area contributed by atoms with Crippen molar-refractivity contribution in [2.75, 3.05) is 0 Å². The summed E-state index contributed by atoms with van der Waals surface area (Å²) in [7, 11) is 0. The Morgan fingerprint density at radius 2 is 2.31 bits per heavy atom. The summed E-state index contributed by atoms with van der Waals surface area (Å²) in [6, 6.07) is 8.22. The molecule has 0 saturated heterocycles. The second-order valence-electron chi connectivity index (χ2n) is 3.66. The minimum atomic E-state index is 0.0546. The molecule has 3 N–H and O–H groups in total. The first-order valence-electron chi connectivity index (χ1n) is 5.40. The molecule has 2 rings (SSSR count). The molecule has 2 heterocycles. The molecule has 2 aromatic rings. The zero-order valence-corrected chi connectivity index (χ0v) is 10.1. The summed E-state index contributed by atoms with van der Waals surface area (Å²) in [6.07, 6.45) is 1.78. The third-order valence-electron chi connectivity index (χ3n) is 2.56. The largest absolute Gasteiger partial charge is 0.464 e. The van der Waals surface area contributed by atoms with Gasteiger partial charge in [-0.25, -0.2) is 5.43 Å². The summed E-state index contributed by atoms with van der Waals surface area (Å²) >= 11 is 1.74. The van der Waals surface area contributed by atoms with Crippen LogP contribution in [0.25, 0.3) is 0 Å². The van der Waals surface area contributed by atoms with Crippen LogP contribution < -0.4 is 11.3 Å². The minimum absolute atomic E-state index is 0.0546. The van der Waals surface area contributed by atoms with E-state index in [4.69, 9.17) is 10.3 Å². The van der Waals surface area contributed by atoms with Crippen molar-refractivity contribution in [1.82, 2.24) is 5.43 Å². The van der Waals surface area contributed by atoms with Gasteiger partial charge in [0.2, 0.25) is 0 Å². The fraction of sp³-hybridized carbons (Fsp3) is 0.333. The first-order valence-corrected chi connectivity index (χ1v) is 6.28. The number of thiophene rings is 1. The molecule has 0 aliphatic heterocycles. The van der Waals surface area contributed by atoms with E-state index in [1.807, 2.05) is 18.2 Å². The number of aryl methyl sites for hydroxylation is 1. The predicted octanol–water partition coefficient (Wildman–Crippen LogP) is 2.65. The Hall–Kier alpha value is -1.10. The van der Waals surface area contributed by atoms with Gasteiger partial charge in [-0.3, -0.25) is 5.84 Å². The lowest BCUT2D eigenvalue weighted by Crippen LogP contribution is -2.29. The van der Waals surface area contributed by atoms with Crippen LogP contribution in [-0.4, -0.2) is 0 Å². The Kier molecular flexibility index (Phi) is 3.77. The molecule has 0 saturated carbocycles. The molecule has 3 nitrogen and oxygen atoms in total. The number of hydrogen-bond acceptors (Lipinski definition) is 4. The Bertz CT molecular complexity index is 422. The number of hydrazine groups is 1. The first kappa shape index (κ1) is 11.4. The lowest BCUT2D eigenvalue weighted by atomic mass is 10.1. The topological polar surface area (TPSA) is 51.2 Å². The highest BCUT2D eigenvalue weighted by Crippen LogP contribution is 2.22. The molecule has 0 spiro atoms. The monoisotopic (exact) mass is 236 g/mol. The predicted molar refractivity (Wildman–Crippen MR) is 66.2 cm³/mol. The van der Waals surface area contributed by atoms with E-state index < -0.39 is 0 Å². The van der Waals surface area contributed by atoms with Crippen molar-refractivity contribution in [2.24, 2.45) is 5.84 Å². The Morgan fingerprint density at radius 1 is 1.44 bits per heavy atom. The van der Waals surface area contributed by atoms with Gasteiger partial charge in [-0.2, -0.15) is 0 Å². The standard InChI is InChI=1S/C12H16N2OS/c1-2-9-5-6-12(15-9)11(14-13)8-10-4-3-7-16-10/h3-7,11,14H,2,8,13H2,1H3. The van der Waals surface area contributed by atoms with Gasteiger partial charge >= 0.3 is 0 Å². The van der Waals surface area contributed by atoms with Crippen LogP contribution in [0.2, 0.25) is 0 Å². The molecule has 0 fully saturated rings. The number of rotatable bonds is 5. The summed E-state index contributed by atoms with van der Waals surface area (Å²) in [5.41, 5.74) is 2.81. The van der Waals surface area contributed by atoms with E-state index in [9.17, 15) is 0 Å². The number of hydrogen-bond donors (Lipinski definition) is 2. The van der Waals surface area contributed by atoms with Crippen molar-refractivity contribution in [3.8, 4) is 0 Å². The van der Waals surface area contributed by atoms with Gasteiger partial charge in [-0.15, -0.1) is 11.3 Å². The van der Waals surface area contributed by atoms with E-state index in [-0.39, 0.29) is 6.04 Å². The van der Waals surface area contributed by atoms with E-state index in [0.29, 0.717) is 0 Å². The van der Waals surface area contributed by atoms with E-state index in [2.05, 4.69) is 23.8 Å². The van der Waals surface area contributed by atoms with Crippen LogP contribution >= 0.6 is 11.3 Å². The van der Waals surface area contributed by atoms with Crippen LogP contribution in [0.1, 0.15) is 29.4 Å². The van der Waals surface area contributed by atoms with Crippen molar-refractivity contribution in [3.63, 3.8) is 0 Å². The molecule has 0 radical (unpaired) electrons. The summed E-state index contributed by atoms with van der Waals surface area (Å²) in [4.78, 5) is 1.30. The second-order valence-corrected chi connectivity index (χ2v) is 4.69. The molecular weight excluding hydrogens is 220 g/mol. The molecule has 0 aliphatic carbocycles. The zero-order chi connectivity index (χ0) is 11.4. The van der Waals surface area contributed by atoms with Gasteiger partial charge in [0, 0.05) is 17.7 Å². The van der Waals surface area contributed by atoms with Crippen LogP contribution in [0, 0.1) is 0 Å². The van der Waals surface area contributed by atoms with Gasteiger partial charge in [0.1, 0.15) is 11.5 Å². The molecule has 0 amide bonds. The molecule has 0 bridgehead atoms. The highest BCUT2D eigenvalue weighted by Gasteiger charge is 2.14. The van der Waals surface area contributed by atoms with Gasteiger partial charge in [0.25, 0.3) is 0 Å². The third kappa shape index (κ3) is 2.52. The highest BCUT2D eigenvalue weighted by molar-refractivity contribution is 7.09. The van der Waals surface area contributed by atoms with Crippen LogP contribution in [0.15, 0.2) is 34.1 Å². The van der Waals surface area contributed by atoms with Gasteiger partial charge in [0.15, 0.2) is 0 Å². The summed E-state index contributed by atoms with van der Waals surface area (Å²) in [6.45, 7) is 2.08. The molecule has 4 heteroatoms. The fourth-order valence-corrected chi connectivity index (χ4v) is 2.40. The average Bonchev–Trinajstić information content (AvgIpc) is 2.96. The fourth-order valence-electron chi connectivity index (χ4n) is 1.64. The molecular formula is C12H16N2OS. The SMILES string of the molecule is CCc1ccc(C(Cc2cccs2)NN)o1. The van der Waals surface area contributed by atoms with E-state index in [1.54, 1.807) is 11.3 Å². The molecule has 0 aliphatic rings. The van der Waals surface area contributed by atoms with Crippen molar-refractivity contribution in [2.45, 2.75) is 25.8 Å². The average molecular weight is 236 g/mol. The molecule has 1 unspecified atom stereocenters. The number of nitrogens with one attached hydrogen (secondary N) is 1. The quantitative estimate of drug-likeness (QED) is 0.620. The highest BCUT2D eigenvalue weighted by atomic mass is 32.1. The smallest absolute Gasteiger partial charge is 0.122 e. The molecule has 0 aromatic carbocycles. The third-order valence-corrected chi connectivity index (χ3v) is 3.46. The molecule has 1 atom stereocenters. The van der Waals surface area contributed by atoms with Crippen molar-refractivity contribution in [1.29, 1.82) is 0 Å². The maximum Gasteiger partial charge on any atom is 0.122 e. The van der Waals surface area contributed by atoms with Gasteiger partial charge in [-0.05, 0) is 23.6 Å². The van der Waals surface area contributed by atoms with Crippen LogP contribution in [0.3, 0.4) is 0 Å². The van der Waals surface area contributed by atoms with Crippen LogP contribution in [0.4, 0.5) is 0 Å². The minimum Gasteiger partial charge on any atom is -0.464 e. The zero-order valence-electron chi connectivity index (χ0n) is 9.27. The molecule has 2 aromatic heterocycles. The normalized spacial score (nSPS) is 12.9. The van der Waals surface area contributed by atoms with Gasteiger partial charge in [-0.1, -0.05) is 13.0 Å². The van der Waals surface area contributed by atoms with E-state index in [0.717, 1.165) is 24.4 Å². The number of nitrogens with two attached hydrogens (primary N) is 1. The van der Waals surface area contributed by atoms with Crippen molar-refractivity contribution >= 4 is 11.3 Å². The van der Waals surface area contributed by atoms with E-state index >= 15 is 0 Å². The summed E-state index contributed by atoms with van der Waals surface area (Å²) in [5, 5.41) is 2.07. The number of furan rings is 1. The van der Waals surface area contributed by atoms with Crippen LogP contribution in [-0.2, 0) is 12.8 Å². The van der Waals surface area contributed by atoms with Gasteiger partial charge < -0.3 is 4.42 Å². The van der Waals surface area contributed by atoms with Crippen molar-refractivity contribution in [3.05, 3.63) is 46.0 Å². The first-order chi connectivity index (χ1) is 7.83. The lowest BCUT2D eigenvalue weighted by molar-refractivity contribution is 0.397.